The van der Waals surface area contributed by atoms with Crippen LogP contribution in [-0.2, 0) is 0 Å². The van der Waals surface area contributed by atoms with Crippen molar-refractivity contribution in [3.8, 4) is 11.6 Å². The highest BCUT2D eigenvalue weighted by atomic mass is 35.5. The molecule has 0 atom stereocenters. The van der Waals surface area contributed by atoms with Crippen molar-refractivity contribution in [3.05, 3.63) is 49.3 Å². The molecule has 0 fully saturated rings. The Hall–Kier alpha value is -1.63. The summed E-state index contributed by atoms with van der Waals surface area (Å²) < 4.78 is 5.35. The van der Waals surface area contributed by atoms with Crippen molar-refractivity contribution in [1.82, 2.24) is 9.97 Å². The predicted octanol–water partition coefficient (Wildman–Crippen LogP) is 4.45. The number of halogens is 3. The summed E-state index contributed by atoms with van der Waals surface area (Å²) in [4.78, 5) is 18.0. The Morgan fingerprint density at radius 2 is 1.80 bits per heavy atom. The Labute approximate surface area is 128 Å². The van der Waals surface area contributed by atoms with E-state index in [2.05, 4.69) is 9.97 Å². The summed E-state index contributed by atoms with van der Waals surface area (Å²) in [7, 11) is 0. The molecule has 0 spiro atoms. The van der Waals surface area contributed by atoms with E-state index in [9.17, 15) is 10.1 Å². The van der Waals surface area contributed by atoms with Gasteiger partial charge in [0.25, 0.3) is 0 Å². The lowest BCUT2D eigenvalue weighted by Gasteiger charge is -2.07. The monoisotopic (exact) mass is 333 g/mol. The molecule has 6 nitrogen and oxygen atoms in total. The first-order valence-electron chi connectivity index (χ1n) is 5.19. The van der Waals surface area contributed by atoms with Crippen molar-refractivity contribution < 1.29 is 9.66 Å². The van der Waals surface area contributed by atoms with Crippen LogP contribution in [0.3, 0.4) is 0 Å². The minimum absolute atomic E-state index is 0.0253. The first kappa shape index (κ1) is 14.8. The van der Waals surface area contributed by atoms with Crippen molar-refractivity contribution >= 4 is 40.5 Å². The SMILES string of the molecule is Cc1cc(Oc2cc(Cl)c(Cl)cc2[N+](=O)[O-])nc(Cl)n1. The minimum atomic E-state index is -0.632. The number of rotatable bonds is 3. The maximum Gasteiger partial charge on any atom is 0.313 e. The van der Waals surface area contributed by atoms with Crippen molar-refractivity contribution in [2.45, 2.75) is 6.92 Å². The van der Waals surface area contributed by atoms with E-state index >= 15 is 0 Å². The van der Waals surface area contributed by atoms with E-state index in [-0.39, 0.29) is 32.6 Å². The molecule has 2 rings (SSSR count). The largest absolute Gasteiger partial charge is 0.432 e. The fourth-order valence-electron chi connectivity index (χ4n) is 1.41. The van der Waals surface area contributed by atoms with Gasteiger partial charge in [-0.1, -0.05) is 23.2 Å². The molecule has 0 aliphatic heterocycles. The Balaban J connectivity index is 2.47. The zero-order chi connectivity index (χ0) is 14.9. The number of hydrogen-bond acceptors (Lipinski definition) is 5. The van der Waals surface area contributed by atoms with Gasteiger partial charge in [-0.05, 0) is 18.5 Å². The molecule has 1 heterocycles. The molecule has 0 unspecified atom stereocenters. The van der Waals surface area contributed by atoms with Crippen molar-refractivity contribution in [3.63, 3.8) is 0 Å². The Bertz CT molecular complexity index is 674. The second-order valence-corrected chi connectivity index (χ2v) is 4.86. The van der Waals surface area contributed by atoms with Gasteiger partial charge in [-0.2, -0.15) is 4.98 Å². The lowest BCUT2D eigenvalue weighted by Crippen LogP contribution is -1.97. The van der Waals surface area contributed by atoms with E-state index in [0.29, 0.717) is 5.69 Å². The Morgan fingerprint density at radius 3 is 2.40 bits per heavy atom. The third kappa shape index (κ3) is 3.27. The molecule has 0 aliphatic rings. The molecule has 0 saturated carbocycles. The third-order valence-corrected chi connectivity index (χ3v) is 3.11. The van der Waals surface area contributed by atoms with Crippen LogP contribution in [0.4, 0.5) is 5.69 Å². The molecule has 0 radical (unpaired) electrons. The molecule has 104 valence electrons. The second kappa shape index (κ2) is 5.78. The van der Waals surface area contributed by atoms with Crippen LogP contribution in [-0.4, -0.2) is 14.9 Å². The summed E-state index contributed by atoms with van der Waals surface area (Å²) in [5.74, 6) is -0.0115. The molecule has 0 saturated heterocycles. The maximum atomic E-state index is 11.0. The van der Waals surface area contributed by atoms with Crippen molar-refractivity contribution in [2.24, 2.45) is 0 Å². The molecule has 1 aromatic heterocycles. The fraction of sp³-hybridized carbons (Fsp3) is 0.0909. The number of nitro benzene ring substituents is 1. The van der Waals surface area contributed by atoms with Gasteiger partial charge < -0.3 is 4.74 Å². The molecule has 0 N–H and O–H groups in total. The smallest absolute Gasteiger partial charge is 0.313 e. The van der Waals surface area contributed by atoms with Crippen LogP contribution in [0.15, 0.2) is 18.2 Å². The predicted molar refractivity (Wildman–Crippen MR) is 75.0 cm³/mol. The van der Waals surface area contributed by atoms with Gasteiger partial charge in [0.05, 0.1) is 15.0 Å². The average Bonchev–Trinajstić information content (AvgIpc) is 2.31. The third-order valence-electron chi connectivity index (χ3n) is 2.22. The van der Waals surface area contributed by atoms with E-state index in [1.165, 1.54) is 12.1 Å². The van der Waals surface area contributed by atoms with Gasteiger partial charge in [0.15, 0.2) is 0 Å². The number of nitrogens with zero attached hydrogens (tertiary/aromatic N) is 3. The first-order chi connectivity index (χ1) is 9.36. The summed E-state index contributed by atoms with van der Waals surface area (Å²) in [6, 6.07) is 3.83. The van der Waals surface area contributed by atoms with E-state index in [4.69, 9.17) is 39.5 Å². The van der Waals surface area contributed by atoms with Gasteiger partial charge in [-0.15, -0.1) is 0 Å². The summed E-state index contributed by atoms with van der Waals surface area (Å²) >= 11 is 17.3. The number of benzene rings is 1. The fourth-order valence-corrected chi connectivity index (χ4v) is 1.94. The quantitative estimate of drug-likeness (QED) is 0.471. The summed E-state index contributed by atoms with van der Waals surface area (Å²) in [6.45, 7) is 1.68. The molecule has 0 aliphatic carbocycles. The average molecular weight is 335 g/mol. The Kier molecular flexibility index (Phi) is 4.27. The minimum Gasteiger partial charge on any atom is -0.432 e. The van der Waals surface area contributed by atoms with Gasteiger partial charge in [-0.3, -0.25) is 10.1 Å². The van der Waals surface area contributed by atoms with Crippen molar-refractivity contribution in [1.29, 1.82) is 0 Å². The van der Waals surface area contributed by atoms with Crippen LogP contribution in [0, 0.1) is 17.0 Å². The van der Waals surface area contributed by atoms with Gasteiger partial charge in [0.2, 0.25) is 16.9 Å². The second-order valence-electron chi connectivity index (χ2n) is 3.71. The van der Waals surface area contributed by atoms with E-state index in [1.807, 2.05) is 0 Å². The molecular weight excluding hydrogens is 328 g/mol. The van der Waals surface area contributed by atoms with Crippen molar-refractivity contribution in [2.75, 3.05) is 0 Å². The topological polar surface area (TPSA) is 78.2 Å². The first-order valence-corrected chi connectivity index (χ1v) is 6.32. The van der Waals surface area contributed by atoms with Gasteiger partial charge in [0.1, 0.15) is 0 Å². The van der Waals surface area contributed by atoms with Gasteiger partial charge in [-0.25, -0.2) is 4.98 Å². The highest BCUT2D eigenvalue weighted by molar-refractivity contribution is 6.42. The van der Waals surface area contributed by atoms with Gasteiger partial charge >= 0.3 is 5.69 Å². The Morgan fingerprint density at radius 1 is 1.15 bits per heavy atom. The standard InChI is InChI=1S/C11H6Cl3N3O3/c1-5-2-10(16-11(14)15-5)20-9-4-7(13)6(12)3-8(9)17(18)19/h2-4H,1H3. The van der Waals surface area contributed by atoms with E-state index in [0.717, 1.165) is 6.07 Å². The van der Waals surface area contributed by atoms with Crippen LogP contribution in [0.25, 0.3) is 0 Å². The zero-order valence-corrected chi connectivity index (χ0v) is 12.2. The van der Waals surface area contributed by atoms with Crippen LogP contribution in [0.2, 0.25) is 15.3 Å². The van der Waals surface area contributed by atoms with E-state index < -0.39 is 4.92 Å². The van der Waals surface area contributed by atoms with Gasteiger partial charge in [0, 0.05) is 23.9 Å². The van der Waals surface area contributed by atoms with Crippen LogP contribution < -0.4 is 4.74 Å². The zero-order valence-electron chi connectivity index (χ0n) is 9.93. The highest BCUT2D eigenvalue weighted by Crippen LogP contribution is 2.37. The number of nitro groups is 1. The molecule has 0 amide bonds. The molecule has 20 heavy (non-hydrogen) atoms. The van der Waals surface area contributed by atoms with Crippen LogP contribution in [0.1, 0.15) is 5.69 Å². The molecule has 1 aromatic carbocycles. The summed E-state index contributed by atoms with van der Waals surface area (Å²) in [5, 5.41) is 11.1. The number of aryl methyl sites for hydroxylation is 1. The highest BCUT2D eigenvalue weighted by Gasteiger charge is 2.19. The molecule has 9 heteroatoms. The maximum absolute atomic E-state index is 11.0. The number of ether oxygens (including phenoxy) is 1. The van der Waals surface area contributed by atoms with E-state index in [1.54, 1.807) is 6.92 Å². The molecular formula is C11H6Cl3N3O3. The summed E-state index contributed by atoms with van der Waals surface area (Å²) in [6.07, 6.45) is 0. The molecule has 2 aromatic rings. The number of aromatic nitrogens is 2. The molecule has 0 bridgehead atoms. The van der Waals surface area contributed by atoms with Crippen LogP contribution >= 0.6 is 34.8 Å². The summed E-state index contributed by atoms with van der Waals surface area (Å²) in [5.41, 5.74) is 0.231. The lowest BCUT2D eigenvalue weighted by molar-refractivity contribution is -0.385. The van der Waals surface area contributed by atoms with Crippen LogP contribution in [0.5, 0.6) is 11.6 Å². The normalized spacial score (nSPS) is 10.4. The lowest BCUT2D eigenvalue weighted by atomic mass is 10.3. The number of hydrogen-bond donors (Lipinski definition) is 0.